The van der Waals surface area contributed by atoms with E-state index in [0.717, 1.165) is 24.7 Å². The summed E-state index contributed by atoms with van der Waals surface area (Å²) < 4.78 is 0. The predicted molar refractivity (Wildman–Crippen MR) is 102 cm³/mol. The van der Waals surface area contributed by atoms with Crippen LogP contribution in [0, 0.1) is 0 Å². The lowest BCUT2D eigenvalue weighted by Gasteiger charge is -2.33. The van der Waals surface area contributed by atoms with Crippen molar-refractivity contribution in [3.63, 3.8) is 0 Å². The van der Waals surface area contributed by atoms with Crippen LogP contribution in [0.4, 0.5) is 5.69 Å². The Kier molecular flexibility index (Phi) is 4.42. The summed E-state index contributed by atoms with van der Waals surface area (Å²) >= 11 is 5.98. The van der Waals surface area contributed by atoms with Gasteiger partial charge in [0.25, 0.3) is 0 Å². The van der Waals surface area contributed by atoms with Crippen molar-refractivity contribution in [3.8, 4) is 0 Å². The summed E-state index contributed by atoms with van der Waals surface area (Å²) in [6, 6.07) is 23.7. The molecule has 0 unspecified atom stereocenters. The average molecular weight is 338 g/mol. The van der Waals surface area contributed by atoms with Crippen molar-refractivity contribution in [3.05, 3.63) is 77.3 Å². The van der Waals surface area contributed by atoms with Gasteiger partial charge >= 0.3 is 0 Å². The first-order valence-corrected chi connectivity index (χ1v) is 8.97. The maximum atomic E-state index is 5.98. The lowest BCUT2D eigenvalue weighted by atomic mass is 10.1. The second-order valence-electron chi connectivity index (χ2n) is 6.57. The smallest absolute Gasteiger partial charge is 0.103 e. The van der Waals surface area contributed by atoms with Crippen LogP contribution in [0.5, 0.6) is 0 Å². The highest BCUT2D eigenvalue weighted by atomic mass is 35.5. The SMILES string of the molecule is Clc1ccc(N2CC[NH+](Cc3ccc4ccccc4c3)CC2)cc1. The number of quaternary nitrogens is 1. The summed E-state index contributed by atoms with van der Waals surface area (Å²) in [5.74, 6) is 0. The van der Waals surface area contributed by atoms with Crippen molar-refractivity contribution in [2.45, 2.75) is 6.54 Å². The summed E-state index contributed by atoms with van der Waals surface area (Å²) in [6.07, 6.45) is 0. The van der Waals surface area contributed by atoms with Crippen LogP contribution in [0.2, 0.25) is 5.02 Å². The summed E-state index contributed by atoms with van der Waals surface area (Å²) in [5.41, 5.74) is 2.72. The molecule has 0 atom stereocenters. The number of rotatable bonds is 3. The molecule has 0 aliphatic carbocycles. The Bertz CT molecular complexity index is 821. The number of benzene rings is 3. The summed E-state index contributed by atoms with van der Waals surface area (Å²) in [7, 11) is 0. The van der Waals surface area contributed by atoms with Crippen molar-refractivity contribution in [1.82, 2.24) is 0 Å². The zero-order chi connectivity index (χ0) is 16.4. The molecule has 1 fully saturated rings. The third-order valence-electron chi connectivity index (χ3n) is 4.93. The van der Waals surface area contributed by atoms with E-state index in [2.05, 4.69) is 59.5 Å². The predicted octanol–water partition coefficient (Wildman–Crippen LogP) is 3.40. The number of halogens is 1. The Hall–Kier alpha value is -2.03. The topological polar surface area (TPSA) is 7.68 Å². The van der Waals surface area contributed by atoms with E-state index in [4.69, 9.17) is 11.6 Å². The number of hydrogen-bond acceptors (Lipinski definition) is 1. The molecule has 24 heavy (non-hydrogen) atoms. The zero-order valence-corrected chi connectivity index (χ0v) is 14.5. The first-order chi connectivity index (χ1) is 11.8. The normalized spacial score (nSPS) is 15.8. The molecule has 3 aromatic carbocycles. The van der Waals surface area contributed by atoms with Gasteiger partial charge in [0.1, 0.15) is 6.54 Å². The Morgan fingerprint density at radius 2 is 1.54 bits per heavy atom. The highest BCUT2D eigenvalue weighted by molar-refractivity contribution is 6.30. The van der Waals surface area contributed by atoms with Gasteiger partial charge in [-0.2, -0.15) is 0 Å². The van der Waals surface area contributed by atoms with E-state index in [-0.39, 0.29) is 0 Å². The van der Waals surface area contributed by atoms with Gasteiger partial charge in [-0.25, -0.2) is 0 Å². The van der Waals surface area contributed by atoms with Gasteiger partial charge in [-0.1, -0.05) is 48.0 Å². The quantitative estimate of drug-likeness (QED) is 0.769. The Labute approximate surface area is 148 Å². The van der Waals surface area contributed by atoms with E-state index >= 15 is 0 Å². The van der Waals surface area contributed by atoms with Crippen LogP contribution < -0.4 is 9.80 Å². The third-order valence-corrected chi connectivity index (χ3v) is 5.18. The van der Waals surface area contributed by atoms with Crippen molar-refractivity contribution >= 4 is 28.1 Å². The van der Waals surface area contributed by atoms with Crippen molar-refractivity contribution < 1.29 is 4.90 Å². The fourth-order valence-electron chi connectivity index (χ4n) is 3.55. The van der Waals surface area contributed by atoms with Gasteiger partial charge in [-0.3, -0.25) is 0 Å². The number of piperazine rings is 1. The standard InChI is InChI=1S/C21H21ClN2/c22-20-7-9-21(10-8-20)24-13-11-23(12-14-24)16-17-5-6-18-3-1-2-4-19(18)15-17/h1-10,15H,11-14,16H2/p+1. The van der Waals surface area contributed by atoms with Gasteiger partial charge in [0, 0.05) is 16.3 Å². The van der Waals surface area contributed by atoms with Gasteiger partial charge < -0.3 is 9.80 Å². The summed E-state index contributed by atoms with van der Waals surface area (Å²) in [6.45, 7) is 5.67. The molecule has 3 heteroatoms. The Morgan fingerprint density at radius 3 is 2.29 bits per heavy atom. The molecule has 0 amide bonds. The molecular weight excluding hydrogens is 316 g/mol. The maximum Gasteiger partial charge on any atom is 0.103 e. The molecule has 122 valence electrons. The molecule has 1 N–H and O–H groups in total. The van der Waals surface area contributed by atoms with Gasteiger partial charge in [0.2, 0.25) is 0 Å². The molecule has 0 spiro atoms. The molecule has 0 saturated carbocycles. The molecule has 4 rings (SSSR count). The maximum absolute atomic E-state index is 5.98. The molecular formula is C21H22ClN2+. The number of nitrogens with one attached hydrogen (secondary N) is 1. The van der Waals surface area contributed by atoms with E-state index in [1.54, 1.807) is 4.90 Å². The molecule has 0 radical (unpaired) electrons. The molecule has 0 bridgehead atoms. The summed E-state index contributed by atoms with van der Waals surface area (Å²) in [4.78, 5) is 4.12. The van der Waals surface area contributed by atoms with Gasteiger partial charge in [-0.15, -0.1) is 0 Å². The molecule has 0 aromatic heterocycles. The highest BCUT2D eigenvalue weighted by Gasteiger charge is 2.20. The number of anilines is 1. The van der Waals surface area contributed by atoms with Crippen LogP contribution >= 0.6 is 11.6 Å². The van der Waals surface area contributed by atoms with Gasteiger partial charge in [-0.05, 0) is 41.1 Å². The van der Waals surface area contributed by atoms with Crippen molar-refractivity contribution in [2.24, 2.45) is 0 Å². The van der Waals surface area contributed by atoms with Crippen LogP contribution in [0.3, 0.4) is 0 Å². The first kappa shape index (κ1) is 15.5. The van der Waals surface area contributed by atoms with E-state index in [9.17, 15) is 0 Å². The lowest BCUT2D eigenvalue weighted by Crippen LogP contribution is -3.13. The number of hydrogen-bond donors (Lipinski definition) is 1. The van der Waals surface area contributed by atoms with E-state index in [1.165, 1.54) is 35.1 Å². The number of nitrogens with zero attached hydrogens (tertiary/aromatic N) is 1. The molecule has 1 heterocycles. The van der Waals surface area contributed by atoms with E-state index < -0.39 is 0 Å². The van der Waals surface area contributed by atoms with Gasteiger partial charge in [0.05, 0.1) is 26.2 Å². The van der Waals surface area contributed by atoms with Crippen molar-refractivity contribution in [1.29, 1.82) is 0 Å². The Morgan fingerprint density at radius 1 is 0.833 bits per heavy atom. The minimum absolute atomic E-state index is 0.805. The van der Waals surface area contributed by atoms with Crippen LogP contribution in [0.25, 0.3) is 10.8 Å². The largest absolute Gasteiger partial charge is 0.360 e. The lowest BCUT2D eigenvalue weighted by molar-refractivity contribution is -0.914. The van der Waals surface area contributed by atoms with E-state index in [1.807, 2.05) is 12.1 Å². The fourth-order valence-corrected chi connectivity index (χ4v) is 3.67. The molecule has 1 aliphatic heterocycles. The summed E-state index contributed by atoms with van der Waals surface area (Å²) in [5, 5.41) is 3.47. The zero-order valence-electron chi connectivity index (χ0n) is 13.7. The second kappa shape index (κ2) is 6.84. The first-order valence-electron chi connectivity index (χ1n) is 8.60. The molecule has 2 nitrogen and oxygen atoms in total. The molecule has 3 aromatic rings. The van der Waals surface area contributed by atoms with Crippen LogP contribution in [0.15, 0.2) is 66.7 Å². The van der Waals surface area contributed by atoms with Crippen LogP contribution in [0.1, 0.15) is 5.56 Å². The third kappa shape index (κ3) is 3.40. The van der Waals surface area contributed by atoms with Crippen molar-refractivity contribution in [2.75, 3.05) is 31.1 Å². The fraction of sp³-hybridized carbons (Fsp3) is 0.238. The highest BCUT2D eigenvalue weighted by Crippen LogP contribution is 2.18. The monoisotopic (exact) mass is 337 g/mol. The van der Waals surface area contributed by atoms with Crippen LogP contribution in [-0.4, -0.2) is 26.2 Å². The minimum atomic E-state index is 0.805. The van der Waals surface area contributed by atoms with Gasteiger partial charge in [0.15, 0.2) is 0 Å². The average Bonchev–Trinajstić information content (AvgIpc) is 2.63. The molecule has 1 aliphatic rings. The second-order valence-corrected chi connectivity index (χ2v) is 7.01. The van der Waals surface area contributed by atoms with E-state index in [0.29, 0.717) is 0 Å². The molecule has 1 saturated heterocycles. The Balaban J connectivity index is 1.39. The number of fused-ring (bicyclic) bond motifs is 1. The van der Waals surface area contributed by atoms with Crippen LogP contribution in [-0.2, 0) is 6.54 Å². The minimum Gasteiger partial charge on any atom is -0.360 e.